The van der Waals surface area contributed by atoms with Crippen LogP contribution < -0.4 is 14.8 Å². The highest BCUT2D eigenvalue weighted by molar-refractivity contribution is 14.0. The van der Waals surface area contributed by atoms with Gasteiger partial charge in [-0.1, -0.05) is 13.0 Å². The van der Waals surface area contributed by atoms with Crippen LogP contribution in [0.3, 0.4) is 0 Å². The molecule has 0 aliphatic rings. The zero-order valence-electron chi connectivity index (χ0n) is 19.9. The summed E-state index contributed by atoms with van der Waals surface area (Å²) >= 11 is 0. The zero-order chi connectivity index (χ0) is 22.1. The summed E-state index contributed by atoms with van der Waals surface area (Å²) in [4.78, 5) is 7.04. The molecule has 1 heterocycles. The van der Waals surface area contributed by atoms with Gasteiger partial charge in [-0.15, -0.1) is 24.0 Å². The average Bonchev–Trinajstić information content (AvgIpc) is 3.05. The van der Waals surface area contributed by atoms with Crippen LogP contribution in [0.2, 0.25) is 0 Å². The standard InChI is InChI=1S/C23H37N5O2.HI/c1-8-24-23(25-15-17(2)16-28-19(4)13-18(3)26-28)27(5)12-11-20-9-10-21(29-6)22(14-20)30-7;/h9-10,13-14,17H,8,11-12,15-16H2,1-7H3,(H,24,25);1H. The van der Waals surface area contributed by atoms with Gasteiger partial charge >= 0.3 is 0 Å². The fourth-order valence-electron chi connectivity index (χ4n) is 3.36. The first-order chi connectivity index (χ1) is 14.4. The predicted molar refractivity (Wildman–Crippen MR) is 138 cm³/mol. The number of hydrogen-bond donors (Lipinski definition) is 1. The summed E-state index contributed by atoms with van der Waals surface area (Å²) in [6.45, 7) is 11.8. The van der Waals surface area contributed by atoms with Crippen molar-refractivity contribution in [1.29, 1.82) is 0 Å². The molecule has 2 rings (SSSR count). The molecule has 174 valence electrons. The van der Waals surface area contributed by atoms with Crippen molar-refractivity contribution in [2.45, 2.75) is 40.7 Å². The van der Waals surface area contributed by atoms with Crippen molar-refractivity contribution in [3.05, 3.63) is 41.2 Å². The molecule has 7 nitrogen and oxygen atoms in total. The predicted octanol–water partition coefficient (Wildman–Crippen LogP) is 3.91. The summed E-state index contributed by atoms with van der Waals surface area (Å²) < 4.78 is 12.8. The van der Waals surface area contributed by atoms with Crippen molar-refractivity contribution >= 4 is 29.9 Å². The zero-order valence-corrected chi connectivity index (χ0v) is 22.3. The number of aromatic nitrogens is 2. The van der Waals surface area contributed by atoms with E-state index in [2.05, 4.69) is 59.9 Å². The van der Waals surface area contributed by atoms with Gasteiger partial charge < -0.3 is 19.7 Å². The van der Waals surface area contributed by atoms with Gasteiger partial charge in [-0.05, 0) is 56.9 Å². The summed E-state index contributed by atoms with van der Waals surface area (Å²) in [5, 5.41) is 7.96. The number of halogens is 1. The largest absolute Gasteiger partial charge is 0.493 e. The molecule has 0 radical (unpaired) electrons. The SMILES string of the molecule is CCNC(=NCC(C)Cn1nc(C)cc1C)N(C)CCc1ccc(OC)c(OC)c1.I. The van der Waals surface area contributed by atoms with Crippen LogP contribution in [-0.2, 0) is 13.0 Å². The van der Waals surface area contributed by atoms with Gasteiger partial charge in [0.15, 0.2) is 17.5 Å². The molecular weight excluding hydrogens is 505 g/mol. The van der Waals surface area contributed by atoms with E-state index in [1.165, 1.54) is 11.3 Å². The normalized spacial score (nSPS) is 12.2. The number of hydrogen-bond acceptors (Lipinski definition) is 4. The first kappa shape index (κ1) is 27.1. The van der Waals surface area contributed by atoms with E-state index < -0.39 is 0 Å². The van der Waals surface area contributed by atoms with Crippen molar-refractivity contribution in [2.24, 2.45) is 10.9 Å². The number of methoxy groups -OCH3 is 2. The van der Waals surface area contributed by atoms with E-state index in [4.69, 9.17) is 14.5 Å². The minimum absolute atomic E-state index is 0. The van der Waals surface area contributed by atoms with E-state index in [1.807, 2.05) is 19.1 Å². The van der Waals surface area contributed by atoms with E-state index >= 15 is 0 Å². The molecule has 1 unspecified atom stereocenters. The first-order valence-corrected chi connectivity index (χ1v) is 10.6. The molecule has 0 fully saturated rings. The number of nitrogens with zero attached hydrogens (tertiary/aromatic N) is 4. The molecule has 31 heavy (non-hydrogen) atoms. The average molecular weight is 543 g/mol. The van der Waals surface area contributed by atoms with E-state index in [0.29, 0.717) is 5.92 Å². The smallest absolute Gasteiger partial charge is 0.193 e. The Balaban J connectivity index is 0.00000480. The van der Waals surface area contributed by atoms with Crippen LogP contribution >= 0.6 is 24.0 Å². The van der Waals surface area contributed by atoms with Gasteiger partial charge in [0.25, 0.3) is 0 Å². The Labute approximate surface area is 204 Å². The number of aliphatic imine (C=N–C) groups is 1. The first-order valence-electron chi connectivity index (χ1n) is 10.6. The van der Waals surface area contributed by atoms with Gasteiger partial charge in [0.2, 0.25) is 0 Å². The van der Waals surface area contributed by atoms with Crippen molar-refractivity contribution in [2.75, 3.05) is 40.9 Å². The number of rotatable bonds is 10. The maximum absolute atomic E-state index is 5.41. The monoisotopic (exact) mass is 543 g/mol. The lowest BCUT2D eigenvalue weighted by Crippen LogP contribution is -2.40. The van der Waals surface area contributed by atoms with E-state index in [0.717, 1.165) is 55.8 Å². The highest BCUT2D eigenvalue weighted by atomic mass is 127. The van der Waals surface area contributed by atoms with E-state index in [-0.39, 0.29) is 24.0 Å². The molecule has 1 N–H and O–H groups in total. The fourth-order valence-corrected chi connectivity index (χ4v) is 3.36. The fraction of sp³-hybridized carbons (Fsp3) is 0.565. The number of benzene rings is 1. The molecule has 0 aliphatic heterocycles. The van der Waals surface area contributed by atoms with Crippen LogP contribution in [-0.4, -0.2) is 61.5 Å². The Morgan fingerprint density at radius 3 is 2.48 bits per heavy atom. The maximum Gasteiger partial charge on any atom is 0.193 e. The van der Waals surface area contributed by atoms with E-state index in [1.54, 1.807) is 14.2 Å². The molecule has 0 aliphatic carbocycles. The summed E-state index contributed by atoms with van der Waals surface area (Å²) in [5.41, 5.74) is 3.46. The van der Waals surface area contributed by atoms with Gasteiger partial charge in [0.05, 0.1) is 19.9 Å². The van der Waals surface area contributed by atoms with Crippen LogP contribution in [0.1, 0.15) is 30.8 Å². The Hall–Kier alpha value is -1.97. The molecule has 0 bridgehead atoms. The Bertz CT molecular complexity index is 837. The topological polar surface area (TPSA) is 63.9 Å². The summed E-state index contributed by atoms with van der Waals surface area (Å²) in [5.74, 6) is 2.84. The number of nitrogens with one attached hydrogen (secondary N) is 1. The lowest BCUT2D eigenvalue weighted by molar-refractivity contribution is 0.354. The van der Waals surface area contributed by atoms with Crippen LogP contribution in [0.25, 0.3) is 0 Å². The second kappa shape index (κ2) is 13.4. The molecule has 1 aromatic carbocycles. The molecular formula is C23H38IN5O2. The summed E-state index contributed by atoms with van der Waals surface area (Å²) in [7, 11) is 5.39. The van der Waals surface area contributed by atoms with Gasteiger partial charge in [-0.3, -0.25) is 9.67 Å². The molecule has 0 saturated carbocycles. The number of ether oxygens (including phenoxy) is 2. The number of aryl methyl sites for hydroxylation is 2. The third kappa shape index (κ3) is 8.23. The van der Waals surface area contributed by atoms with Crippen LogP contribution in [0.5, 0.6) is 11.5 Å². The van der Waals surface area contributed by atoms with Crippen LogP contribution in [0.4, 0.5) is 0 Å². The molecule has 0 saturated heterocycles. The van der Waals surface area contributed by atoms with Crippen LogP contribution in [0.15, 0.2) is 29.3 Å². The molecule has 0 amide bonds. The van der Waals surface area contributed by atoms with Crippen molar-refractivity contribution < 1.29 is 9.47 Å². The molecule has 2 aromatic rings. The minimum atomic E-state index is 0. The Morgan fingerprint density at radius 1 is 1.19 bits per heavy atom. The van der Waals surface area contributed by atoms with E-state index in [9.17, 15) is 0 Å². The molecule has 8 heteroatoms. The molecule has 1 atom stereocenters. The third-order valence-corrected chi connectivity index (χ3v) is 5.02. The van der Waals surface area contributed by atoms with Gasteiger partial charge in [-0.25, -0.2) is 0 Å². The number of likely N-dealkylation sites (N-methyl/N-ethyl adjacent to an activating group) is 1. The lowest BCUT2D eigenvalue weighted by Gasteiger charge is -2.23. The van der Waals surface area contributed by atoms with Gasteiger partial charge in [0, 0.05) is 38.9 Å². The molecule has 0 spiro atoms. The van der Waals surface area contributed by atoms with Crippen molar-refractivity contribution in [3.63, 3.8) is 0 Å². The van der Waals surface area contributed by atoms with Crippen molar-refractivity contribution in [1.82, 2.24) is 20.0 Å². The Morgan fingerprint density at radius 2 is 1.90 bits per heavy atom. The highest BCUT2D eigenvalue weighted by Gasteiger charge is 2.11. The highest BCUT2D eigenvalue weighted by Crippen LogP contribution is 2.27. The third-order valence-electron chi connectivity index (χ3n) is 5.02. The summed E-state index contributed by atoms with van der Waals surface area (Å²) in [6.07, 6.45) is 0.891. The molecule has 1 aromatic heterocycles. The summed E-state index contributed by atoms with van der Waals surface area (Å²) in [6, 6.07) is 8.18. The Kier molecular flexibility index (Phi) is 11.7. The number of guanidine groups is 1. The lowest BCUT2D eigenvalue weighted by atomic mass is 10.1. The van der Waals surface area contributed by atoms with Gasteiger partial charge in [-0.2, -0.15) is 5.10 Å². The van der Waals surface area contributed by atoms with Crippen LogP contribution in [0, 0.1) is 19.8 Å². The van der Waals surface area contributed by atoms with Gasteiger partial charge in [0.1, 0.15) is 0 Å². The maximum atomic E-state index is 5.41. The minimum Gasteiger partial charge on any atom is -0.493 e. The quantitative estimate of drug-likeness (QED) is 0.280. The second-order valence-electron chi connectivity index (χ2n) is 7.77. The second-order valence-corrected chi connectivity index (χ2v) is 7.77. The van der Waals surface area contributed by atoms with Crippen molar-refractivity contribution in [3.8, 4) is 11.5 Å².